The van der Waals surface area contributed by atoms with Gasteiger partial charge in [-0.3, -0.25) is 0 Å². The Morgan fingerprint density at radius 2 is 1.93 bits per heavy atom. The van der Waals surface area contributed by atoms with Gasteiger partial charge in [-0.05, 0) is 6.92 Å². The van der Waals surface area contributed by atoms with Gasteiger partial charge in [0.15, 0.2) is 11.4 Å². The van der Waals surface area contributed by atoms with Gasteiger partial charge in [-0.2, -0.15) is 0 Å². The Hall–Kier alpha value is -2.43. The van der Waals surface area contributed by atoms with Gasteiger partial charge in [0.1, 0.15) is 24.5 Å². The Labute approximate surface area is 156 Å². The lowest BCUT2D eigenvalue weighted by Crippen LogP contribution is -2.45. The molecule has 0 bridgehead atoms. The summed E-state index contributed by atoms with van der Waals surface area (Å²) >= 11 is 0. The number of nitrogens with zero attached hydrogens (tertiary/aromatic N) is 2. The number of aromatic hydroxyl groups is 1. The summed E-state index contributed by atoms with van der Waals surface area (Å²) < 4.78 is 26.1. The maximum Gasteiger partial charge on any atom is 0.240 e. The molecule has 0 aromatic carbocycles. The maximum absolute atomic E-state index is 11.1. The van der Waals surface area contributed by atoms with Crippen LogP contribution in [0, 0.1) is 0 Å². The zero-order valence-corrected chi connectivity index (χ0v) is 15.3. The van der Waals surface area contributed by atoms with Crippen LogP contribution in [0.5, 0.6) is 11.5 Å². The molecule has 1 unspecified atom stereocenters. The monoisotopic (exact) mass is 383 g/mol. The van der Waals surface area contributed by atoms with Crippen molar-refractivity contribution >= 4 is 11.9 Å². The van der Waals surface area contributed by atoms with Gasteiger partial charge in [-0.25, -0.2) is 9.98 Å². The first-order chi connectivity index (χ1) is 13.0. The van der Waals surface area contributed by atoms with E-state index in [2.05, 4.69) is 9.98 Å². The fraction of sp³-hybridized carbons (Fsp3) is 0.588. The second kappa shape index (κ2) is 10.0. The third-order valence-corrected chi connectivity index (χ3v) is 3.62. The highest BCUT2D eigenvalue weighted by Crippen LogP contribution is 2.27. The predicted octanol–water partition coefficient (Wildman–Crippen LogP) is -0.869. The molecule has 0 fully saturated rings. The van der Waals surface area contributed by atoms with Crippen molar-refractivity contribution in [2.45, 2.75) is 12.5 Å². The molecule has 0 amide bonds. The Bertz CT molecular complexity index is 666. The fourth-order valence-corrected chi connectivity index (χ4v) is 2.08. The first kappa shape index (κ1) is 20.9. The number of hydrogen-bond acceptors (Lipinski definition) is 10. The van der Waals surface area contributed by atoms with Gasteiger partial charge in [0, 0.05) is 13.2 Å². The molecule has 27 heavy (non-hydrogen) atoms. The topological polar surface area (TPSA) is 132 Å². The van der Waals surface area contributed by atoms with E-state index in [1.807, 2.05) is 0 Å². The van der Waals surface area contributed by atoms with Gasteiger partial charge in [-0.15, -0.1) is 0 Å². The van der Waals surface area contributed by atoms with Crippen molar-refractivity contribution in [2.24, 2.45) is 4.99 Å². The minimum atomic E-state index is -1.50. The molecular weight excluding hydrogens is 360 g/mol. The molecule has 0 aliphatic carbocycles. The van der Waals surface area contributed by atoms with Gasteiger partial charge in [0.2, 0.25) is 5.90 Å². The van der Waals surface area contributed by atoms with Gasteiger partial charge in [0.05, 0.1) is 45.2 Å². The van der Waals surface area contributed by atoms with Crippen LogP contribution in [-0.4, -0.2) is 80.9 Å². The van der Waals surface area contributed by atoms with Crippen LogP contribution in [0.4, 0.5) is 0 Å². The maximum atomic E-state index is 11.1. The Morgan fingerprint density at radius 3 is 2.52 bits per heavy atom. The first-order valence-corrected chi connectivity index (χ1v) is 8.37. The summed E-state index contributed by atoms with van der Waals surface area (Å²) in [6.07, 6.45) is 1.38. The first-order valence-electron chi connectivity index (χ1n) is 8.37. The Morgan fingerprint density at radius 1 is 1.26 bits per heavy atom. The third kappa shape index (κ3) is 6.05. The van der Waals surface area contributed by atoms with Crippen molar-refractivity contribution in [2.75, 3.05) is 53.4 Å². The third-order valence-electron chi connectivity index (χ3n) is 3.62. The molecule has 0 saturated heterocycles. The van der Waals surface area contributed by atoms with Gasteiger partial charge >= 0.3 is 0 Å². The molecule has 0 radical (unpaired) electrons. The lowest BCUT2D eigenvalue weighted by atomic mass is 10.1. The lowest BCUT2D eigenvalue weighted by Gasteiger charge is -2.18. The number of carbonyl (C=O) groups excluding carboxylic acids is 1. The Balaban J connectivity index is 1.76. The zero-order valence-electron chi connectivity index (χ0n) is 15.3. The van der Waals surface area contributed by atoms with Gasteiger partial charge in [0.25, 0.3) is 0 Å². The number of hydrogen-bond donors (Lipinski definition) is 1. The molecule has 150 valence electrons. The quantitative estimate of drug-likeness (QED) is 0.457. The summed E-state index contributed by atoms with van der Waals surface area (Å²) in [5.74, 6) is -1.32. The molecule has 10 nitrogen and oxygen atoms in total. The molecule has 1 N–H and O–H groups in total. The zero-order chi connectivity index (χ0) is 19.7. The molecule has 1 aliphatic rings. The van der Waals surface area contributed by atoms with E-state index in [1.54, 1.807) is 7.11 Å². The minimum Gasteiger partial charge on any atom is -0.547 e. The summed E-state index contributed by atoms with van der Waals surface area (Å²) in [4.78, 5) is 19.0. The second-order valence-corrected chi connectivity index (χ2v) is 5.87. The van der Waals surface area contributed by atoms with Crippen LogP contribution >= 0.6 is 0 Å². The smallest absolute Gasteiger partial charge is 0.240 e. The molecular formula is C17H23N2O8-. The molecule has 2 heterocycles. The average molecular weight is 383 g/mol. The van der Waals surface area contributed by atoms with E-state index in [-0.39, 0.29) is 30.6 Å². The molecule has 1 atom stereocenters. The van der Waals surface area contributed by atoms with E-state index in [0.29, 0.717) is 38.8 Å². The number of carboxylic acids is 1. The van der Waals surface area contributed by atoms with Crippen LogP contribution in [0.25, 0.3) is 0 Å². The molecule has 10 heteroatoms. The van der Waals surface area contributed by atoms with Crippen molar-refractivity contribution in [3.63, 3.8) is 0 Å². The van der Waals surface area contributed by atoms with Crippen LogP contribution in [0.1, 0.15) is 12.6 Å². The number of rotatable bonds is 12. The molecule has 1 aliphatic heterocycles. The van der Waals surface area contributed by atoms with Crippen molar-refractivity contribution < 1.29 is 38.7 Å². The summed E-state index contributed by atoms with van der Waals surface area (Å²) in [7, 11) is 1.61. The normalized spacial score (nSPS) is 18.8. The molecule has 0 spiro atoms. The lowest BCUT2D eigenvalue weighted by molar-refractivity contribution is -0.312. The average Bonchev–Trinajstić information content (AvgIpc) is 3.04. The SMILES string of the molecule is COCCOCCOCCOc1cnc(C2=NC(C)(C(=O)[O-])CO2)c(O)c1. The fourth-order valence-electron chi connectivity index (χ4n) is 2.08. The molecule has 1 aromatic rings. The van der Waals surface area contributed by atoms with Crippen LogP contribution in [0.3, 0.4) is 0 Å². The number of ether oxygens (including phenoxy) is 5. The van der Waals surface area contributed by atoms with Crippen LogP contribution in [-0.2, 0) is 23.7 Å². The Kier molecular flexibility index (Phi) is 7.77. The number of carbonyl (C=O) groups is 1. The molecule has 1 aromatic heterocycles. The van der Waals surface area contributed by atoms with Gasteiger partial charge < -0.3 is 38.7 Å². The largest absolute Gasteiger partial charge is 0.547 e. The standard InChI is InChI=1S/C17H24N2O8/c1-17(16(21)22)11-27-15(19-17)14-13(20)9-12(10-18-14)26-8-7-25-6-5-24-4-3-23-2/h9-10,20H,3-8,11H2,1-2H3,(H,21,22)/p-1. The summed E-state index contributed by atoms with van der Waals surface area (Å²) in [6.45, 7) is 3.75. The number of aromatic nitrogens is 1. The number of methoxy groups -OCH3 is 1. The summed E-state index contributed by atoms with van der Waals surface area (Å²) in [5.41, 5.74) is -1.46. The highest BCUT2D eigenvalue weighted by molar-refractivity contribution is 5.98. The predicted molar refractivity (Wildman–Crippen MR) is 90.8 cm³/mol. The van der Waals surface area contributed by atoms with E-state index in [1.165, 1.54) is 19.2 Å². The van der Waals surface area contributed by atoms with Crippen molar-refractivity contribution in [3.05, 3.63) is 18.0 Å². The van der Waals surface area contributed by atoms with E-state index in [0.717, 1.165) is 0 Å². The van der Waals surface area contributed by atoms with Crippen LogP contribution < -0.4 is 9.84 Å². The van der Waals surface area contributed by atoms with Crippen molar-refractivity contribution in [3.8, 4) is 11.5 Å². The molecule has 0 saturated carbocycles. The van der Waals surface area contributed by atoms with Crippen LogP contribution in [0.2, 0.25) is 0 Å². The number of aliphatic carboxylic acids is 1. The number of pyridine rings is 1. The summed E-state index contributed by atoms with van der Waals surface area (Å²) in [5, 5.41) is 21.2. The molecule has 2 rings (SSSR count). The minimum absolute atomic E-state index is 0.0387. The number of carboxylic acid groups (broad SMARTS) is 1. The van der Waals surface area contributed by atoms with E-state index >= 15 is 0 Å². The van der Waals surface area contributed by atoms with Gasteiger partial charge in [-0.1, -0.05) is 0 Å². The summed E-state index contributed by atoms with van der Waals surface area (Å²) in [6, 6.07) is 1.34. The van der Waals surface area contributed by atoms with Crippen molar-refractivity contribution in [1.29, 1.82) is 0 Å². The highest BCUT2D eigenvalue weighted by Gasteiger charge is 2.35. The van der Waals surface area contributed by atoms with E-state index in [4.69, 9.17) is 23.7 Å². The second-order valence-electron chi connectivity index (χ2n) is 5.87. The van der Waals surface area contributed by atoms with E-state index < -0.39 is 11.5 Å². The number of aliphatic imine (C=N–C) groups is 1. The highest BCUT2D eigenvalue weighted by atomic mass is 16.6. The van der Waals surface area contributed by atoms with Crippen LogP contribution in [0.15, 0.2) is 17.3 Å². The van der Waals surface area contributed by atoms with Crippen molar-refractivity contribution in [1.82, 2.24) is 4.98 Å². The van der Waals surface area contributed by atoms with E-state index in [9.17, 15) is 15.0 Å².